The summed E-state index contributed by atoms with van der Waals surface area (Å²) >= 11 is 0. The first-order valence-electron chi connectivity index (χ1n) is 8.26. The Morgan fingerprint density at radius 3 is 2.46 bits per heavy atom. The fourth-order valence-electron chi connectivity index (χ4n) is 3.08. The van der Waals surface area contributed by atoms with Gasteiger partial charge < -0.3 is 11.1 Å². The highest BCUT2D eigenvalue weighted by Gasteiger charge is 2.36. The maximum absolute atomic E-state index is 13.0. The number of halogens is 2. The zero-order chi connectivity index (χ0) is 17.2. The van der Waals surface area contributed by atoms with Crippen molar-refractivity contribution < 1.29 is 9.18 Å². The first-order valence-corrected chi connectivity index (χ1v) is 8.26. The molecule has 1 aromatic carbocycles. The maximum atomic E-state index is 13.0. The van der Waals surface area contributed by atoms with Gasteiger partial charge in [0.25, 0.3) is 0 Å². The molecule has 0 saturated carbocycles. The van der Waals surface area contributed by atoms with Gasteiger partial charge in [0.05, 0.1) is 12.1 Å². The second-order valence-electron chi connectivity index (χ2n) is 7.31. The standard InChI is InChI=1S/C18H28FN3O.ClH/c1-12(14-5-7-15(19)8-6-14)21-17(23)13(2)22-10-9-16(20)18(3,4)11-22;/h5-8,12-13,16H,9-11,20H2,1-4H3,(H,21,23);1H. The number of hydrogen-bond acceptors (Lipinski definition) is 3. The molecule has 0 radical (unpaired) electrons. The number of carbonyl (C=O) groups excluding carboxylic acids is 1. The zero-order valence-electron chi connectivity index (χ0n) is 14.9. The molecule has 6 heteroatoms. The summed E-state index contributed by atoms with van der Waals surface area (Å²) in [5, 5.41) is 3.02. The van der Waals surface area contributed by atoms with E-state index in [0.717, 1.165) is 25.1 Å². The number of amides is 1. The molecule has 0 aliphatic carbocycles. The van der Waals surface area contributed by atoms with Gasteiger partial charge in [0.2, 0.25) is 5.91 Å². The number of hydrogen-bond donors (Lipinski definition) is 2. The van der Waals surface area contributed by atoms with Gasteiger partial charge in [0.15, 0.2) is 0 Å². The van der Waals surface area contributed by atoms with Crippen molar-refractivity contribution in [2.45, 2.75) is 52.2 Å². The molecule has 1 saturated heterocycles. The molecule has 1 amide bonds. The van der Waals surface area contributed by atoms with Crippen LogP contribution in [-0.4, -0.2) is 36.0 Å². The lowest BCUT2D eigenvalue weighted by atomic mass is 9.79. The van der Waals surface area contributed by atoms with E-state index in [1.54, 1.807) is 12.1 Å². The number of carbonyl (C=O) groups is 1. The second kappa shape index (κ2) is 8.28. The highest BCUT2D eigenvalue weighted by Crippen LogP contribution is 2.29. The Labute approximate surface area is 150 Å². The maximum Gasteiger partial charge on any atom is 0.237 e. The van der Waals surface area contributed by atoms with Crippen molar-refractivity contribution in [1.82, 2.24) is 10.2 Å². The van der Waals surface area contributed by atoms with Gasteiger partial charge in [-0.05, 0) is 43.4 Å². The van der Waals surface area contributed by atoms with Crippen molar-refractivity contribution >= 4 is 18.3 Å². The molecule has 0 bridgehead atoms. The van der Waals surface area contributed by atoms with E-state index in [1.807, 2.05) is 13.8 Å². The van der Waals surface area contributed by atoms with Crippen molar-refractivity contribution in [2.24, 2.45) is 11.1 Å². The molecule has 3 atom stereocenters. The predicted octanol–water partition coefficient (Wildman–Crippen LogP) is 2.87. The van der Waals surface area contributed by atoms with E-state index >= 15 is 0 Å². The van der Waals surface area contributed by atoms with Gasteiger partial charge >= 0.3 is 0 Å². The van der Waals surface area contributed by atoms with Gasteiger partial charge in [-0.1, -0.05) is 26.0 Å². The van der Waals surface area contributed by atoms with Crippen LogP contribution in [0.3, 0.4) is 0 Å². The van der Waals surface area contributed by atoms with Crippen LogP contribution in [0.15, 0.2) is 24.3 Å². The van der Waals surface area contributed by atoms with Crippen LogP contribution in [0.4, 0.5) is 4.39 Å². The van der Waals surface area contributed by atoms with E-state index in [1.165, 1.54) is 12.1 Å². The molecule has 1 aliphatic rings. The summed E-state index contributed by atoms with van der Waals surface area (Å²) in [7, 11) is 0. The third-order valence-corrected chi connectivity index (χ3v) is 5.00. The van der Waals surface area contributed by atoms with Crippen LogP contribution < -0.4 is 11.1 Å². The van der Waals surface area contributed by atoms with E-state index in [4.69, 9.17) is 5.73 Å². The molecule has 136 valence electrons. The molecule has 1 fully saturated rings. The highest BCUT2D eigenvalue weighted by molar-refractivity contribution is 5.85. The van der Waals surface area contributed by atoms with Crippen LogP contribution in [0.2, 0.25) is 0 Å². The predicted molar refractivity (Wildman–Crippen MR) is 97.6 cm³/mol. The molecular formula is C18H29ClFN3O. The molecule has 3 N–H and O–H groups in total. The van der Waals surface area contributed by atoms with Crippen LogP contribution in [0, 0.1) is 11.2 Å². The minimum atomic E-state index is -0.271. The Balaban J connectivity index is 0.00000288. The molecule has 1 heterocycles. The smallest absolute Gasteiger partial charge is 0.237 e. The number of nitrogens with two attached hydrogens (primary N) is 1. The number of rotatable bonds is 4. The third kappa shape index (κ3) is 4.91. The van der Waals surface area contributed by atoms with Crippen molar-refractivity contribution in [1.29, 1.82) is 0 Å². The average Bonchev–Trinajstić information content (AvgIpc) is 2.49. The molecule has 1 aromatic rings. The fourth-order valence-corrected chi connectivity index (χ4v) is 3.08. The van der Waals surface area contributed by atoms with Gasteiger partial charge in [-0.15, -0.1) is 12.4 Å². The minimum Gasteiger partial charge on any atom is -0.348 e. The Morgan fingerprint density at radius 2 is 1.92 bits per heavy atom. The van der Waals surface area contributed by atoms with Crippen LogP contribution >= 0.6 is 12.4 Å². The van der Waals surface area contributed by atoms with E-state index in [9.17, 15) is 9.18 Å². The topological polar surface area (TPSA) is 58.4 Å². The van der Waals surface area contributed by atoms with Crippen molar-refractivity contribution in [3.05, 3.63) is 35.6 Å². The normalized spacial score (nSPS) is 23.0. The van der Waals surface area contributed by atoms with Crippen LogP contribution in [-0.2, 0) is 4.79 Å². The first kappa shape index (κ1) is 20.9. The number of benzene rings is 1. The van der Waals surface area contributed by atoms with E-state index in [-0.39, 0.29) is 47.7 Å². The second-order valence-corrected chi connectivity index (χ2v) is 7.31. The van der Waals surface area contributed by atoms with E-state index in [2.05, 4.69) is 24.1 Å². The third-order valence-electron chi connectivity index (χ3n) is 5.00. The SMILES string of the molecule is CC(NC(=O)C(C)N1CCC(N)C(C)(C)C1)c1ccc(F)cc1.Cl. The summed E-state index contributed by atoms with van der Waals surface area (Å²) < 4.78 is 13.0. The van der Waals surface area contributed by atoms with Gasteiger partial charge in [-0.25, -0.2) is 4.39 Å². The van der Waals surface area contributed by atoms with Gasteiger partial charge in [-0.2, -0.15) is 0 Å². The minimum absolute atomic E-state index is 0. The van der Waals surface area contributed by atoms with E-state index < -0.39 is 0 Å². The molecule has 0 spiro atoms. The molecule has 1 aliphatic heterocycles. The summed E-state index contributed by atoms with van der Waals surface area (Å²) in [6, 6.07) is 6.05. The summed E-state index contributed by atoms with van der Waals surface area (Å²) in [6.07, 6.45) is 0.901. The molecule has 3 unspecified atom stereocenters. The first-order chi connectivity index (χ1) is 10.7. The Bertz CT molecular complexity index is 550. The Kier molecular flexibility index (Phi) is 7.20. The number of likely N-dealkylation sites (tertiary alicyclic amines) is 1. The quantitative estimate of drug-likeness (QED) is 0.871. The molecular weight excluding hydrogens is 329 g/mol. The average molecular weight is 358 g/mol. The largest absolute Gasteiger partial charge is 0.348 e. The number of nitrogens with zero attached hydrogens (tertiary/aromatic N) is 1. The molecule has 0 aromatic heterocycles. The lowest BCUT2D eigenvalue weighted by molar-refractivity contribution is -0.127. The molecule has 4 nitrogen and oxygen atoms in total. The summed E-state index contributed by atoms with van der Waals surface area (Å²) in [4.78, 5) is 14.7. The number of nitrogens with one attached hydrogen (secondary N) is 1. The van der Waals surface area contributed by atoms with Gasteiger partial charge in [0.1, 0.15) is 5.82 Å². The zero-order valence-corrected chi connectivity index (χ0v) is 15.7. The van der Waals surface area contributed by atoms with Crippen molar-refractivity contribution in [3.63, 3.8) is 0 Å². The van der Waals surface area contributed by atoms with E-state index in [0.29, 0.717) is 0 Å². The van der Waals surface area contributed by atoms with Crippen LogP contribution in [0.25, 0.3) is 0 Å². The Hall–Kier alpha value is -1.17. The van der Waals surface area contributed by atoms with Crippen LogP contribution in [0.5, 0.6) is 0 Å². The summed E-state index contributed by atoms with van der Waals surface area (Å²) in [5.41, 5.74) is 7.07. The van der Waals surface area contributed by atoms with Crippen molar-refractivity contribution in [3.8, 4) is 0 Å². The van der Waals surface area contributed by atoms with Crippen LogP contribution in [0.1, 0.15) is 45.7 Å². The van der Waals surface area contributed by atoms with Crippen molar-refractivity contribution in [2.75, 3.05) is 13.1 Å². The fraction of sp³-hybridized carbons (Fsp3) is 0.611. The number of piperidine rings is 1. The van der Waals surface area contributed by atoms with Gasteiger partial charge in [-0.3, -0.25) is 9.69 Å². The summed E-state index contributed by atoms with van der Waals surface area (Å²) in [6.45, 7) is 9.79. The molecule has 24 heavy (non-hydrogen) atoms. The van der Waals surface area contributed by atoms with Gasteiger partial charge in [0, 0.05) is 19.1 Å². The summed E-state index contributed by atoms with van der Waals surface area (Å²) in [5.74, 6) is -0.277. The lowest BCUT2D eigenvalue weighted by Crippen LogP contribution is -2.57. The Morgan fingerprint density at radius 1 is 1.33 bits per heavy atom. The monoisotopic (exact) mass is 357 g/mol. The molecule has 2 rings (SSSR count). The lowest BCUT2D eigenvalue weighted by Gasteiger charge is -2.44. The highest BCUT2D eigenvalue weighted by atomic mass is 35.5.